The van der Waals surface area contributed by atoms with Crippen molar-refractivity contribution in [1.82, 2.24) is 4.90 Å². The minimum Gasteiger partial charge on any atom is -0.468 e. The molecule has 0 aromatic heterocycles. The highest BCUT2D eigenvalue weighted by atomic mass is 35.5. The number of hydrogen-bond donors (Lipinski definition) is 0. The van der Waals surface area contributed by atoms with Crippen LogP contribution in [0.5, 0.6) is 5.75 Å². The van der Waals surface area contributed by atoms with E-state index in [9.17, 15) is 13.2 Å². The molecule has 0 radical (unpaired) electrons. The van der Waals surface area contributed by atoms with E-state index in [1.165, 1.54) is 4.90 Å². The van der Waals surface area contributed by atoms with Gasteiger partial charge in [-0.3, -0.25) is 4.79 Å². The molecule has 1 saturated heterocycles. The van der Waals surface area contributed by atoms with E-state index in [2.05, 4.69) is 0 Å². The molecule has 27 heavy (non-hydrogen) atoms. The van der Waals surface area contributed by atoms with Gasteiger partial charge in [-0.15, -0.1) is 0 Å². The quantitative estimate of drug-likeness (QED) is 0.766. The number of carbonyl (C=O) groups excluding carboxylic acids is 1. The molecule has 2 bridgehead atoms. The Bertz CT molecular complexity index is 1030. The van der Waals surface area contributed by atoms with E-state index in [4.69, 9.17) is 16.3 Å². The van der Waals surface area contributed by atoms with Crippen LogP contribution < -0.4 is 4.74 Å². The summed E-state index contributed by atoms with van der Waals surface area (Å²) < 4.78 is 32.9. The molecule has 4 rings (SSSR count). The maximum atomic E-state index is 13.4. The van der Waals surface area contributed by atoms with Gasteiger partial charge in [0.2, 0.25) is 5.91 Å². The third kappa shape index (κ3) is 2.74. The number of fused-ring (bicyclic) bond motifs is 4. The van der Waals surface area contributed by atoms with Gasteiger partial charge in [0.25, 0.3) is 0 Å². The first-order valence-electron chi connectivity index (χ1n) is 8.70. The van der Waals surface area contributed by atoms with Gasteiger partial charge >= 0.3 is 0 Å². The largest absolute Gasteiger partial charge is 0.468 e. The molecule has 0 spiro atoms. The average molecular weight is 406 g/mol. The number of carbonyl (C=O) groups is 1. The molecule has 0 unspecified atom stereocenters. The molecule has 7 heteroatoms. The third-order valence-corrected chi connectivity index (χ3v) is 8.00. The molecule has 2 heterocycles. The number of amides is 1. The number of ether oxygens (including phenoxy) is 1. The van der Waals surface area contributed by atoms with Crippen molar-refractivity contribution in [2.45, 2.75) is 42.1 Å². The van der Waals surface area contributed by atoms with Crippen molar-refractivity contribution in [3.05, 3.63) is 58.6 Å². The van der Waals surface area contributed by atoms with Crippen molar-refractivity contribution in [3.63, 3.8) is 0 Å². The molecule has 1 fully saturated rings. The van der Waals surface area contributed by atoms with Gasteiger partial charge in [-0.2, -0.15) is 0 Å². The molecule has 1 amide bonds. The lowest BCUT2D eigenvalue weighted by atomic mass is 9.80. The number of hydrogen-bond acceptors (Lipinski definition) is 4. The molecule has 2 aliphatic heterocycles. The summed E-state index contributed by atoms with van der Waals surface area (Å²) in [6.07, 6.45) is 0.387. The van der Waals surface area contributed by atoms with Gasteiger partial charge in [-0.05, 0) is 44.2 Å². The predicted molar refractivity (Wildman–Crippen MR) is 103 cm³/mol. The summed E-state index contributed by atoms with van der Waals surface area (Å²) in [5.41, 5.74) is 0.737. The van der Waals surface area contributed by atoms with Crippen molar-refractivity contribution < 1.29 is 17.9 Å². The van der Waals surface area contributed by atoms with Crippen LogP contribution in [0, 0.1) is 6.92 Å². The predicted octanol–water partition coefficient (Wildman–Crippen LogP) is 3.55. The van der Waals surface area contributed by atoms with Crippen LogP contribution in [-0.4, -0.2) is 37.2 Å². The Kier molecular flexibility index (Phi) is 4.05. The van der Waals surface area contributed by atoms with Crippen molar-refractivity contribution in [1.29, 1.82) is 0 Å². The van der Waals surface area contributed by atoms with Crippen LogP contribution >= 0.6 is 11.6 Å². The van der Waals surface area contributed by atoms with Gasteiger partial charge in [0.15, 0.2) is 20.8 Å². The summed E-state index contributed by atoms with van der Waals surface area (Å²) in [6, 6.07) is 11.7. The first-order valence-corrected chi connectivity index (χ1v) is 10.6. The van der Waals surface area contributed by atoms with Gasteiger partial charge in [-0.25, -0.2) is 8.42 Å². The van der Waals surface area contributed by atoms with Gasteiger partial charge in [-0.1, -0.05) is 29.3 Å². The van der Waals surface area contributed by atoms with Crippen LogP contribution in [0.1, 0.15) is 30.4 Å². The van der Waals surface area contributed by atoms with Crippen molar-refractivity contribution >= 4 is 27.3 Å². The van der Waals surface area contributed by atoms with E-state index >= 15 is 0 Å². The van der Waals surface area contributed by atoms with Crippen LogP contribution in [0.25, 0.3) is 0 Å². The van der Waals surface area contributed by atoms with Crippen LogP contribution in [-0.2, 0) is 14.6 Å². The van der Waals surface area contributed by atoms with Crippen molar-refractivity contribution in [3.8, 4) is 5.75 Å². The lowest BCUT2D eigenvalue weighted by molar-refractivity contribution is -0.159. The minimum atomic E-state index is -3.88. The first kappa shape index (κ1) is 18.3. The fourth-order valence-corrected chi connectivity index (χ4v) is 6.08. The first-order chi connectivity index (χ1) is 12.6. The average Bonchev–Trinajstić information content (AvgIpc) is 2.61. The Hall–Kier alpha value is -2.05. The Morgan fingerprint density at radius 2 is 1.85 bits per heavy atom. The standard InChI is InChI=1S/C20H20ClNO4S/c1-12-4-7-14(8-5-12)27(24,25)18-16-11-20(2,22(3)19(18)23)26-17-9-6-13(21)10-15(16)17/h4-10,16,18H,11H2,1-3H3/t16-,18+,20+/m0/s1. The second kappa shape index (κ2) is 5.97. The lowest BCUT2D eigenvalue weighted by Gasteiger charge is -2.51. The summed E-state index contributed by atoms with van der Waals surface area (Å²) >= 11 is 6.15. The maximum Gasteiger partial charge on any atom is 0.244 e. The summed E-state index contributed by atoms with van der Waals surface area (Å²) in [5.74, 6) is -0.408. The fraction of sp³-hybridized carbons (Fsp3) is 0.350. The van der Waals surface area contributed by atoms with Crippen LogP contribution in [0.3, 0.4) is 0 Å². The number of benzene rings is 2. The number of halogens is 1. The Morgan fingerprint density at radius 1 is 1.19 bits per heavy atom. The zero-order chi connectivity index (χ0) is 19.6. The second-order valence-electron chi connectivity index (χ2n) is 7.45. The third-order valence-electron chi connectivity index (χ3n) is 5.63. The monoisotopic (exact) mass is 405 g/mol. The Labute approximate surface area is 163 Å². The number of likely N-dealkylation sites (tertiary alicyclic amines) is 1. The van der Waals surface area contributed by atoms with Crippen molar-refractivity contribution in [2.24, 2.45) is 0 Å². The zero-order valence-electron chi connectivity index (χ0n) is 15.3. The maximum absolute atomic E-state index is 13.4. The molecule has 0 saturated carbocycles. The molecule has 2 aliphatic rings. The summed E-state index contributed by atoms with van der Waals surface area (Å²) in [4.78, 5) is 14.7. The van der Waals surface area contributed by atoms with Crippen LogP contribution in [0.15, 0.2) is 47.4 Å². The van der Waals surface area contributed by atoms with Gasteiger partial charge in [0.1, 0.15) is 5.75 Å². The topological polar surface area (TPSA) is 63.7 Å². The second-order valence-corrected chi connectivity index (χ2v) is 9.95. The molecular formula is C20H20ClNO4S. The number of aryl methyl sites for hydroxylation is 1. The number of nitrogens with zero attached hydrogens (tertiary/aromatic N) is 1. The molecule has 142 valence electrons. The van der Waals surface area contributed by atoms with Crippen molar-refractivity contribution in [2.75, 3.05) is 7.05 Å². The van der Waals surface area contributed by atoms with Gasteiger partial charge in [0.05, 0.1) is 4.90 Å². The van der Waals surface area contributed by atoms with E-state index in [0.29, 0.717) is 22.8 Å². The van der Waals surface area contributed by atoms with Crippen LogP contribution in [0.4, 0.5) is 0 Å². The van der Waals surface area contributed by atoms with E-state index in [0.717, 1.165) is 5.56 Å². The lowest BCUT2D eigenvalue weighted by Crippen LogP contribution is -2.64. The smallest absolute Gasteiger partial charge is 0.244 e. The molecule has 2 aromatic carbocycles. The SMILES string of the molecule is Cc1ccc(S(=O)(=O)[C@H]2C(=O)N(C)[C@@]3(C)C[C@H]2c2cc(Cl)ccc2O3)cc1. The van der Waals surface area contributed by atoms with Gasteiger partial charge in [0, 0.05) is 30.0 Å². The molecule has 5 nitrogen and oxygen atoms in total. The Balaban J connectivity index is 1.90. The van der Waals surface area contributed by atoms with E-state index in [1.54, 1.807) is 49.5 Å². The minimum absolute atomic E-state index is 0.151. The normalized spacial score (nSPS) is 27.1. The van der Waals surface area contributed by atoms with Crippen LogP contribution in [0.2, 0.25) is 5.02 Å². The molecule has 2 aromatic rings. The van der Waals surface area contributed by atoms with E-state index in [-0.39, 0.29) is 4.90 Å². The zero-order valence-corrected chi connectivity index (χ0v) is 16.8. The number of piperidine rings is 1. The molecular weight excluding hydrogens is 386 g/mol. The fourth-order valence-electron chi connectivity index (χ4n) is 3.99. The van der Waals surface area contributed by atoms with Gasteiger partial charge < -0.3 is 9.64 Å². The Morgan fingerprint density at radius 3 is 2.52 bits per heavy atom. The summed E-state index contributed by atoms with van der Waals surface area (Å²) in [7, 11) is -2.29. The molecule has 0 N–H and O–H groups in total. The molecule has 0 aliphatic carbocycles. The summed E-state index contributed by atoms with van der Waals surface area (Å²) in [5, 5.41) is -0.724. The highest BCUT2D eigenvalue weighted by molar-refractivity contribution is 7.92. The molecule has 3 atom stereocenters. The summed E-state index contributed by atoms with van der Waals surface area (Å²) in [6.45, 7) is 3.70. The number of sulfone groups is 1. The van der Waals surface area contributed by atoms with E-state index < -0.39 is 32.6 Å². The highest BCUT2D eigenvalue weighted by Crippen LogP contribution is 2.50. The van der Waals surface area contributed by atoms with E-state index in [1.807, 2.05) is 13.8 Å². The number of rotatable bonds is 2. The highest BCUT2D eigenvalue weighted by Gasteiger charge is 2.57.